The van der Waals surface area contributed by atoms with Crippen LogP contribution in [0.3, 0.4) is 0 Å². The van der Waals surface area contributed by atoms with E-state index in [1.54, 1.807) is 19.6 Å². The third kappa shape index (κ3) is 12.6. The molecule has 1 N–H and O–H groups in total. The van der Waals surface area contributed by atoms with Crippen molar-refractivity contribution in [1.82, 2.24) is 19.6 Å². The van der Waals surface area contributed by atoms with E-state index in [2.05, 4.69) is 0 Å². The second-order valence-corrected chi connectivity index (χ2v) is 8.00. The van der Waals surface area contributed by atoms with Gasteiger partial charge in [0, 0.05) is 71.9 Å². The highest BCUT2D eigenvalue weighted by Gasteiger charge is 2.27. The van der Waals surface area contributed by atoms with Crippen molar-refractivity contribution in [2.45, 2.75) is 25.8 Å². The molecular weight excluding hydrogens is 440 g/mol. The number of ether oxygens (including phenoxy) is 1. The Morgan fingerprint density at radius 2 is 1.30 bits per heavy atom. The van der Waals surface area contributed by atoms with Crippen LogP contribution in [-0.2, 0) is 23.9 Å². The van der Waals surface area contributed by atoms with E-state index in [0.717, 1.165) is 0 Å². The number of carbonyl (C=O) groups is 4. The number of carboxylic acid groups (broad SMARTS) is 3. The second-order valence-electron chi connectivity index (χ2n) is 8.00. The molecule has 1 heterocycles. The van der Waals surface area contributed by atoms with E-state index in [1.807, 2.05) is 0 Å². The molecule has 33 heavy (non-hydrogen) atoms. The van der Waals surface area contributed by atoms with Gasteiger partial charge in [0.25, 0.3) is 0 Å². The van der Waals surface area contributed by atoms with Crippen molar-refractivity contribution in [2.24, 2.45) is 0 Å². The number of carboxylic acids is 3. The summed E-state index contributed by atoms with van der Waals surface area (Å²) in [5.41, 5.74) is 0. The zero-order valence-electron chi connectivity index (χ0n) is 19.0. The zero-order chi connectivity index (χ0) is 24.8. The highest BCUT2D eigenvalue weighted by molar-refractivity contribution is 5.78. The molecule has 13 nitrogen and oxygen atoms in total. The Bertz CT molecular complexity index is 617. The zero-order valence-corrected chi connectivity index (χ0v) is 19.0. The summed E-state index contributed by atoms with van der Waals surface area (Å²) < 4.78 is 4.93. The fourth-order valence-electron chi connectivity index (χ4n) is 3.64. The van der Waals surface area contributed by atoms with Crippen LogP contribution in [0, 0.1) is 0 Å². The number of rotatable bonds is 12. The quantitative estimate of drug-likeness (QED) is 0.266. The van der Waals surface area contributed by atoms with Gasteiger partial charge in [-0.25, -0.2) is 0 Å². The van der Waals surface area contributed by atoms with Crippen LogP contribution in [0.1, 0.15) is 19.8 Å². The minimum absolute atomic E-state index is 0.0140. The van der Waals surface area contributed by atoms with Crippen LogP contribution in [0.4, 0.5) is 0 Å². The van der Waals surface area contributed by atoms with Gasteiger partial charge in [0.15, 0.2) is 0 Å². The van der Waals surface area contributed by atoms with Crippen molar-refractivity contribution >= 4 is 23.7 Å². The fourth-order valence-corrected chi connectivity index (χ4v) is 3.64. The van der Waals surface area contributed by atoms with Crippen molar-refractivity contribution in [3.8, 4) is 0 Å². The Morgan fingerprint density at radius 1 is 0.848 bits per heavy atom. The lowest BCUT2D eigenvalue weighted by Crippen LogP contribution is -2.52. The highest BCUT2D eigenvalue weighted by Crippen LogP contribution is 2.10. The smallest absolute Gasteiger partial charge is 0.320 e. The molecule has 1 fully saturated rings. The van der Waals surface area contributed by atoms with Crippen molar-refractivity contribution in [3.05, 3.63) is 0 Å². The number of Topliss-reactive ketones (excluding diaryl/α,β-unsaturated/α-hetero) is 1. The number of carbonyl (C=O) groups excluding carboxylic acids is 3. The molecule has 0 aliphatic carbocycles. The van der Waals surface area contributed by atoms with Crippen LogP contribution in [0.5, 0.6) is 0 Å². The molecule has 0 bridgehead atoms. The van der Waals surface area contributed by atoms with Gasteiger partial charge in [0.2, 0.25) is 0 Å². The summed E-state index contributed by atoms with van der Waals surface area (Å²) in [4.78, 5) is 52.3. The van der Waals surface area contributed by atoms with Crippen LogP contribution < -0.4 is 15.3 Å². The van der Waals surface area contributed by atoms with Gasteiger partial charge in [-0.15, -0.1) is 0 Å². The molecule has 0 spiro atoms. The molecule has 1 aliphatic rings. The normalized spacial score (nSPS) is 19.3. The minimum atomic E-state index is -1.28. The average molecular weight is 474 g/mol. The Hall–Kier alpha value is -2.16. The van der Waals surface area contributed by atoms with Gasteiger partial charge in [-0.1, -0.05) is 0 Å². The fraction of sp³-hybridized carbons (Fsp3) is 0.800. The SMILES string of the molecule is CC(=O)CCC(C(=O)O)N1CCN(CC(=O)[O-])CCN(COC[O-])CCN(CC(=O)[O-])CC1. The predicted octanol–water partition coefficient (Wildman–Crippen LogP) is -5.18. The Labute approximate surface area is 193 Å². The van der Waals surface area contributed by atoms with Crippen LogP contribution >= 0.6 is 0 Å². The minimum Gasteiger partial charge on any atom is -0.834 e. The number of aliphatic carboxylic acids is 3. The number of ketones is 1. The maximum absolute atomic E-state index is 11.9. The standard InChI is InChI=1S/C20H35N4O9/c1-16(26)2-3-17(20(31)32)24-10-8-21(12-18(27)28)4-6-23(14-33-15-25)7-5-22(9-11-24)13-19(29)30/h17H,2-15H2,1H3,(H,27,28)(H,29,30)(H,31,32)/q-1/p-2. The Morgan fingerprint density at radius 3 is 1.70 bits per heavy atom. The number of hydrogen-bond donors (Lipinski definition) is 1. The molecule has 0 amide bonds. The maximum Gasteiger partial charge on any atom is 0.320 e. The van der Waals surface area contributed by atoms with Crippen molar-refractivity contribution in [3.63, 3.8) is 0 Å². The summed E-state index contributed by atoms with van der Waals surface area (Å²) in [6, 6.07) is -0.978. The lowest BCUT2D eigenvalue weighted by atomic mass is 10.1. The van der Waals surface area contributed by atoms with Crippen LogP contribution in [0.15, 0.2) is 0 Å². The van der Waals surface area contributed by atoms with Crippen LogP contribution in [-0.4, -0.2) is 133 Å². The first-order chi connectivity index (χ1) is 15.6. The lowest BCUT2D eigenvalue weighted by molar-refractivity contribution is -0.434. The van der Waals surface area contributed by atoms with E-state index in [9.17, 15) is 39.6 Å². The molecular formula is C20H33N4O9-3. The van der Waals surface area contributed by atoms with Gasteiger partial charge >= 0.3 is 5.97 Å². The maximum atomic E-state index is 11.9. The summed E-state index contributed by atoms with van der Waals surface area (Å²) >= 11 is 0. The predicted molar refractivity (Wildman–Crippen MR) is 108 cm³/mol. The summed E-state index contributed by atoms with van der Waals surface area (Å²) in [5.74, 6) is -3.81. The summed E-state index contributed by atoms with van der Waals surface area (Å²) in [7, 11) is 0. The topological polar surface area (TPSA) is 180 Å². The third-order valence-corrected chi connectivity index (χ3v) is 5.43. The van der Waals surface area contributed by atoms with E-state index >= 15 is 0 Å². The number of nitrogens with zero attached hydrogens (tertiary/aromatic N) is 4. The van der Waals surface area contributed by atoms with Gasteiger partial charge in [0.05, 0.1) is 18.7 Å². The van der Waals surface area contributed by atoms with E-state index in [4.69, 9.17) is 4.74 Å². The van der Waals surface area contributed by atoms with Gasteiger partial charge < -0.3 is 39.5 Å². The molecule has 0 radical (unpaired) electrons. The van der Waals surface area contributed by atoms with E-state index in [0.29, 0.717) is 13.1 Å². The first kappa shape index (κ1) is 28.9. The van der Waals surface area contributed by atoms with Crippen molar-refractivity contribution < 1.29 is 44.3 Å². The van der Waals surface area contributed by atoms with Crippen LogP contribution in [0.2, 0.25) is 0 Å². The molecule has 13 heteroatoms. The molecule has 190 valence electrons. The van der Waals surface area contributed by atoms with Gasteiger partial charge in [0.1, 0.15) is 11.8 Å². The third-order valence-electron chi connectivity index (χ3n) is 5.43. The van der Waals surface area contributed by atoms with Crippen molar-refractivity contribution in [1.29, 1.82) is 0 Å². The summed E-state index contributed by atoms with van der Waals surface area (Å²) in [6.45, 7) is 2.02. The second kappa shape index (κ2) is 15.6. The number of hydrogen-bond acceptors (Lipinski definition) is 12. The molecule has 1 atom stereocenters. The largest absolute Gasteiger partial charge is 0.834 e. The monoisotopic (exact) mass is 473 g/mol. The summed E-state index contributed by atoms with van der Waals surface area (Å²) in [6.07, 6.45) is 0.166. The van der Waals surface area contributed by atoms with Gasteiger partial charge in [-0.3, -0.25) is 24.4 Å². The molecule has 0 aromatic heterocycles. The Kier molecular flexibility index (Phi) is 13.7. The van der Waals surface area contributed by atoms with E-state index < -0.39 is 30.7 Å². The highest BCUT2D eigenvalue weighted by atomic mass is 16.6. The molecule has 0 aromatic rings. The molecule has 0 saturated carbocycles. The first-order valence-electron chi connectivity index (χ1n) is 10.8. The van der Waals surface area contributed by atoms with E-state index in [1.165, 1.54) is 6.92 Å². The molecule has 1 aliphatic heterocycles. The van der Waals surface area contributed by atoms with Crippen LogP contribution in [0.25, 0.3) is 0 Å². The van der Waals surface area contributed by atoms with Gasteiger partial charge in [-0.2, -0.15) is 0 Å². The van der Waals surface area contributed by atoms with Crippen molar-refractivity contribution in [2.75, 3.05) is 79.0 Å². The molecule has 1 unspecified atom stereocenters. The molecule has 1 saturated heterocycles. The Balaban J connectivity index is 3.07. The summed E-state index contributed by atoms with van der Waals surface area (Å²) in [5, 5.41) is 42.8. The first-order valence-corrected chi connectivity index (χ1v) is 10.8. The van der Waals surface area contributed by atoms with Gasteiger partial charge in [-0.05, 0) is 20.1 Å². The lowest BCUT2D eigenvalue weighted by Gasteiger charge is -2.36. The molecule has 0 aromatic carbocycles. The average Bonchev–Trinajstić information content (AvgIpc) is 2.71. The van der Waals surface area contributed by atoms with E-state index in [-0.39, 0.29) is 77.7 Å². The molecule has 1 rings (SSSR count).